The first-order chi connectivity index (χ1) is 18.6. The molecule has 5 atom stereocenters. The highest BCUT2D eigenvalue weighted by molar-refractivity contribution is 5.95. The van der Waals surface area contributed by atoms with Gasteiger partial charge in [0.1, 0.15) is 5.75 Å². The average molecular weight is 510 g/mol. The first-order valence-corrected chi connectivity index (χ1v) is 13.8. The molecule has 2 aliphatic heterocycles. The Kier molecular flexibility index (Phi) is 6.79. The number of hydrogen-bond acceptors (Lipinski definition) is 4. The maximum Gasteiger partial charge on any atom is 0.251 e. The van der Waals surface area contributed by atoms with Crippen LogP contribution in [0.1, 0.15) is 65.7 Å². The summed E-state index contributed by atoms with van der Waals surface area (Å²) in [5.41, 5.74) is 4.05. The molecule has 3 aromatic carbocycles. The smallest absolute Gasteiger partial charge is 0.251 e. The van der Waals surface area contributed by atoms with Gasteiger partial charge in [-0.2, -0.15) is 0 Å². The van der Waals surface area contributed by atoms with Crippen molar-refractivity contribution in [1.29, 1.82) is 0 Å². The fraction of sp³-hybridized carbons (Fsp3) is 0.375. The molecule has 196 valence electrons. The van der Waals surface area contributed by atoms with Crippen LogP contribution in [0.4, 0.5) is 5.69 Å². The molecular weight excluding hydrogens is 474 g/mol. The minimum absolute atomic E-state index is 0.0357. The lowest BCUT2D eigenvalue weighted by atomic mass is 9.79. The molecule has 0 aromatic heterocycles. The maximum atomic E-state index is 14.3. The van der Waals surface area contributed by atoms with E-state index >= 15 is 0 Å². The number of anilines is 1. The van der Waals surface area contributed by atoms with Gasteiger partial charge in [-0.3, -0.25) is 9.59 Å². The van der Waals surface area contributed by atoms with Gasteiger partial charge >= 0.3 is 0 Å². The molecule has 2 N–H and O–H groups in total. The molecule has 38 heavy (non-hydrogen) atoms. The lowest BCUT2D eigenvalue weighted by Crippen LogP contribution is -2.50. The van der Waals surface area contributed by atoms with Gasteiger partial charge < -0.3 is 20.3 Å². The van der Waals surface area contributed by atoms with E-state index in [1.807, 2.05) is 42.5 Å². The summed E-state index contributed by atoms with van der Waals surface area (Å²) in [7, 11) is 1.68. The maximum absolute atomic E-state index is 14.3. The van der Waals surface area contributed by atoms with Gasteiger partial charge in [0, 0.05) is 35.3 Å². The summed E-state index contributed by atoms with van der Waals surface area (Å²) in [6.45, 7) is 0.714. The molecule has 2 heterocycles. The van der Waals surface area contributed by atoms with Crippen molar-refractivity contribution in [3.05, 3.63) is 95.6 Å². The van der Waals surface area contributed by atoms with Gasteiger partial charge in [-0.05, 0) is 55.2 Å². The van der Waals surface area contributed by atoms with E-state index in [1.54, 1.807) is 7.11 Å². The first-order valence-electron chi connectivity index (χ1n) is 13.8. The van der Waals surface area contributed by atoms with E-state index in [2.05, 4.69) is 51.9 Å². The lowest BCUT2D eigenvalue weighted by molar-refractivity contribution is -0.138. The standard InChI is InChI=1S/C32H35N3O3/c1-38-23-16-17-28-26(20-23)30-25(29(33-28)21-10-4-2-5-11-21)18-19-35(30)32(37)24-14-8-9-15-27(24)34-31(36)22-12-6-3-7-13-22/h2-7,10-13,16-17,20,24-25,27,29-30,33H,8-9,14-15,18-19H2,1H3,(H,34,36)/t24-,25?,27+,29?,30?/m0/s1. The van der Waals surface area contributed by atoms with E-state index in [0.29, 0.717) is 12.1 Å². The van der Waals surface area contributed by atoms with E-state index in [0.717, 1.165) is 49.1 Å². The third-order valence-electron chi connectivity index (χ3n) is 8.64. The molecule has 1 saturated carbocycles. The molecule has 2 fully saturated rings. The number of ether oxygens (including phenoxy) is 1. The minimum atomic E-state index is -0.214. The molecule has 6 nitrogen and oxygen atoms in total. The van der Waals surface area contributed by atoms with E-state index in [4.69, 9.17) is 4.74 Å². The number of carbonyl (C=O) groups is 2. The minimum Gasteiger partial charge on any atom is -0.497 e. The third-order valence-corrected chi connectivity index (χ3v) is 8.64. The van der Waals surface area contributed by atoms with Gasteiger partial charge in [-0.25, -0.2) is 0 Å². The number of nitrogens with zero attached hydrogens (tertiary/aromatic N) is 1. The molecule has 1 aliphatic carbocycles. The average Bonchev–Trinajstić information content (AvgIpc) is 3.43. The summed E-state index contributed by atoms with van der Waals surface area (Å²) in [6.07, 6.45) is 4.59. The van der Waals surface area contributed by atoms with Crippen molar-refractivity contribution in [3.63, 3.8) is 0 Å². The second-order valence-electron chi connectivity index (χ2n) is 10.8. The Bertz CT molecular complexity index is 1300. The lowest BCUT2D eigenvalue weighted by Gasteiger charge is -2.42. The van der Waals surface area contributed by atoms with Gasteiger partial charge in [0.25, 0.3) is 5.91 Å². The second kappa shape index (κ2) is 10.5. The van der Waals surface area contributed by atoms with Crippen LogP contribution in [0, 0.1) is 11.8 Å². The Morgan fingerprint density at radius 2 is 1.66 bits per heavy atom. The normalized spacial score (nSPS) is 26.0. The zero-order valence-electron chi connectivity index (χ0n) is 21.8. The number of amides is 2. The number of nitrogens with one attached hydrogen (secondary N) is 2. The SMILES string of the molecule is COc1ccc2c(c1)C1C(CCN1C(=O)[C@H]1CCCC[C@H]1NC(=O)c1ccccc1)C(c1ccccc1)N2. The van der Waals surface area contributed by atoms with E-state index < -0.39 is 0 Å². The van der Waals surface area contributed by atoms with Crippen LogP contribution in [0.5, 0.6) is 5.75 Å². The Morgan fingerprint density at radius 3 is 2.42 bits per heavy atom. The van der Waals surface area contributed by atoms with Crippen LogP contribution >= 0.6 is 0 Å². The first kappa shape index (κ1) is 24.5. The molecular formula is C32H35N3O3. The predicted octanol–water partition coefficient (Wildman–Crippen LogP) is 5.74. The van der Waals surface area contributed by atoms with Crippen LogP contribution in [0.25, 0.3) is 0 Å². The molecule has 3 aliphatic rings. The molecule has 1 saturated heterocycles. The summed E-state index contributed by atoms with van der Waals surface area (Å²) < 4.78 is 5.58. The molecule has 3 aromatic rings. The van der Waals surface area contributed by atoms with Crippen molar-refractivity contribution in [3.8, 4) is 5.75 Å². The van der Waals surface area contributed by atoms with Crippen molar-refractivity contribution in [1.82, 2.24) is 10.2 Å². The van der Waals surface area contributed by atoms with Crippen molar-refractivity contribution in [2.75, 3.05) is 19.0 Å². The van der Waals surface area contributed by atoms with Crippen molar-refractivity contribution in [2.24, 2.45) is 11.8 Å². The fourth-order valence-electron chi connectivity index (χ4n) is 6.77. The molecule has 0 radical (unpaired) electrons. The predicted molar refractivity (Wildman–Crippen MR) is 148 cm³/mol. The Balaban J connectivity index is 1.31. The summed E-state index contributed by atoms with van der Waals surface area (Å²) in [5.74, 6) is 0.900. The number of methoxy groups -OCH3 is 1. The number of benzene rings is 3. The highest BCUT2D eigenvalue weighted by Gasteiger charge is 2.48. The monoisotopic (exact) mass is 509 g/mol. The van der Waals surface area contributed by atoms with Crippen LogP contribution in [0.2, 0.25) is 0 Å². The number of rotatable bonds is 5. The van der Waals surface area contributed by atoms with Gasteiger partial charge in [-0.15, -0.1) is 0 Å². The largest absolute Gasteiger partial charge is 0.497 e. The highest BCUT2D eigenvalue weighted by Crippen LogP contribution is 2.52. The topological polar surface area (TPSA) is 70.7 Å². The van der Waals surface area contributed by atoms with Gasteiger partial charge in [0.2, 0.25) is 5.91 Å². The fourth-order valence-corrected chi connectivity index (χ4v) is 6.77. The van der Waals surface area contributed by atoms with E-state index in [1.165, 1.54) is 5.56 Å². The molecule has 6 heteroatoms. The molecule has 0 bridgehead atoms. The summed E-state index contributed by atoms with van der Waals surface area (Å²) in [6, 6.07) is 25.9. The summed E-state index contributed by atoms with van der Waals surface area (Å²) in [5, 5.41) is 6.99. The number of likely N-dealkylation sites (tertiary alicyclic amines) is 1. The van der Waals surface area contributed by atoms with Crippen LogP contribution in [0.15, 0.2) is 78.9 Å². The van der Waals surface area contributed by atoms with Crippen LogP contribution in [-0.2, 0) is 4.79 Å². The number of fused-ring (bicyclic) bond motifs is 3. The second-order valence-corrected chi connectivity index (χ2v) is 10.8. The quantitative estimate of drug-likeness (QED) is 0.460. The summed E-state index contributed by atoms with van der Waals surface area (Å²) >= 11 is 0. The van der Waals surface area contributed by atoms with Crippen LogP contribution in [0.3, 0.4) is 0 Å². The molecule has 3 unspecified atom stereocenters. The highest BCUT2D eigenvalue weighted by atomic mass is 16.5. The zero-order chi connectivity index (χ0) is 26.1. The zero-order valence-corrected chi connectivity index (χ0v) is 21.8. The molecule has 0 spiro atoms. The van der Waals surface area contributed by atoms with Crippen molar-refractivity contribution >= 4 is 17.5 Å². The third kappa shape index (κ3) is 4.53. The molecule has 6 rings (SSSR count). The van der Waals surface area contributed by atoms with Crippen molar-refractivity contribution in [2.45, 2.75) is 50.2 Å². The molecule has 2 amide bonds. The van der Waals surface area contributed by atoms with E-state index in [-0.39, 0.29) is 41.8 Å². The Labute approximate surface area is 224 Å². The van der Waals surface area contributed by atoms with Gasteiger partial charge in [-0.1, -0.05) is 61.4 Å². The Hall–Kier alpha value is -3.80. The van der Waals surface area contributed by atoms with E-state index in [9.17, 15) is 9.59 Å². The Morgan fingerprint density at radius 1 is 0.921 bits per heavy atom. The number of hydrogen-bond donors (Lipinski definition) is 2. The van der Waals surface area contributed by atoms with Gasteiger partial charge in [0.05, 0.1) is 25.1 Å². The van der Waals surface area contributed by atoms with Crippen LogP contribution < -0.4 is 15.4 Å². The van der Waals surface area contributed by atoms with Gasteiger partial charge in [0.15, 0.2) is 0 Å². The summed E-state index contributed by atoms with van der Waals surface area (Å²) in [4.78, 5) is 29.4. The number of carbonyl (C=O) groups excluding carboxylic acids is 2. The van der Waals surface area contributed by atoms with Crippen LogP contribution in [-0.4, -0.2) is 36.4 Å². The van der Waals surface area contributed by atoms with Crippen molar-refractivity contribution < 1.29 is 14.3 Å².